The van der Waals surface area contributed by atoms with Gasteiger partial charge < -0.3 is 24.4 Å². The Balaban J connectivity index is 1.65. The van der Waals surface area contributed by atoms with Gasteiger partial charge in [-0.2, -0.15) is 0 Å². The molecule has 1 aliphatic rings. The quantitative estimate of drug-likeness (QED) is 0.845. The second-order valence-corrected chi connectivity index (χ2v) is 5.57. The van der Waals surface area contributed by atoms with Crippen LogP contribution in [0.15, 0.2) is 16.9 Å². The molecule has 0 radical (unpaired) electrons. The molecule has 1 fully saturated rings. The number of nitrogens with one attached hydrogen (secondary N) is 2. The molecule has 0 spiro atoms. The molecule has 3 rings (SSSR count). The number of amides is 2. The standard InChI is InChI=1S/C15H19N5O4/c1-9(21)16-5-11-6-17-14(19-11)13-7-20(3-4-23-13)15(22)12-8-24-10(2)18-12/h6,8,13H,3-5,7H2,1-2H3,(H,16,21)(H,17,19)/t13-/m0/s1. The van der Waals surface area contributed by atoms with E-state index in [1.54, 1.807) is 18.0 Å². The van der Waals surface area contributed by atoms with E-state index in [0.29, 0.717) is 43.7 Å². The lowest BCUT2D eigenvalue weighted by molar-refractivity contribution is -0.119. The first-order valence-corrected chi connectivity index (χ1v) is 7.64. The van der Waals surface area contributed by atoms with Gasteiger partial charge in [0.25, 0.3) is 5.91 Å². The van der Waals surface area contributed by atoms with Gasteiger partial charge in [0.05, 0.1) is 31.6 Å². The molecule has 9 heteroatoms. The van der Waals surface area contributed by atoms with Crippen LogP contribution < -0.4 is 5.32 Å². The summed E-state index contributed by atoms with van der Waals surface area (Å²) in [5.41, 5.74) is 1.07. The van der Waals surface area contributed by atoms with Crippen molar-refractivity contribution in [3.05, 3.63) is 35.6 Å². The van der Waals surface area contributed by atoms with Crippen LogP contribution in [0.1, 0.15) is 40.9 Å². The number of ether oxygens (including phenoxy) is 1. The van der Waals surface area contributed by atoms with Crippen molar-refractivity contribution in [3.8, 4) is 0 Å². The molecule has 0 saturated carbocycles. The van der Waals surface area contributed by atoms with Gasteiger partial charge in [0.2, 0.25) is 5.91 Å². The third-order valence-electron chi connectivity index (χ3n) is 3.67. The van der Waals surface area contributed by atoms with E-state index in [1.165, 1.54) is 13.2 Å². The van der Waals surface area contributed by atoms with Crippen LogP contribution in [0, 0.1) is 6.92 Å². The van der Waals surface area contributed by atoms with Crippen LogP contribution >= 0.6 is 0 Å². The van der Waals surface area contributed by atoms with Gasteiger partial charge in [-0.25, -0.2) is 9.97 Å². The number of morpholine rings is 1. The van der Waals surface area contributed by atoms with E-state index in [1.807, 2.05) is 0 Å². The highest BCUT2D eigenvalue weighted by Gasteiger charge is 2.29. The summed E-state index contributed by atoms with van der Waals surface area (Å²) >= 11 is 0. The molecule has 128 valence electrons. The highest BCUT2D eigenvalue weighted by Crippen LogP contribution is 2.21. The topological polar surface area (TPSA) is 113 Å². The summed E-state index contributed by atoms with van der Waals surface area (Å²) in [6.45, 7) is 4.79. The summed E-state index contributed by atoms with van der Waals surface area (Å²) < 4.78 is 10.8. The monoisotopic (exact) mass is 333 g/mol. The number of nitrogens with zero attached hydrogens (tertiary/aromatic N) is 3. The summed E-state index contributed by atoms with van der Waals surface area (Å²) in [4.78, 5) is 36.5. The smallest absolute Gasteiger partial charge is 0.275 e. The minimum absolute atomic E-state index is 0.111. The predicted octanol–water partition coefficient (Wildman–Crippen LogP) is 0.556. The molecule has 9 nitrogen and oxygen atoms in total. The Labute approximate surface area is 138 Å². The number of H-pyrrole nitrogens is 1. The van der Waals surface area contributed by atoms with Crippen LogP contribution in [-0.2, 0) is 16.1 Å². The minimum atomic E-state index is -0.346. The summed E-state index contributed by atoms with van der Waals surface area (Å²) in [7, 11) is 0. The zero-order chi connectivity index (χ0) is 17.1. The summed E-state index contributed by atoms with van der Waals surface area (Å²) in [6.07, 6.45) is 2.67. The van der Waals surface area contributed by atoms with Crippen molar-refractivity contribution >= 4 is 11.8 Å². The molecule has 1 aliphatic heterocycles. The number of aromatic amines is 1. The van der Waals surface area contributed by atoms with Crippen molar-refractivity contribution < 1.29 is 18.7 Å². The van der Waals surface area contributed by atoms with E-state index in [4.69, 9.17) is 9.15 Å². The first-order chi connectivity index (χ1) is 11.5. The summed E-state index contributed by atoms with van der Waals surface area (Å²) in [5.74, 6) is 0.783. The fourth-order valence-electron chi connectivity index (χ4n) is 2.47. The molecule has 1 saturated heterocycles. The first kappa shape index (κ1) is 16.2. The maximum absolute atomic E-state index is 12.4. The summed E-state index contributed by atoms with van der Waals surface area (Å²) in [5, 5.41) is 2.69. The van der Waals surface area contributed by atoms with Crippen LogP contribution in [-0.4, -0.2) is 51.4 Å². The van der Waals surface area contributed by atoms with Gasteiger partial charge in [-0.15, -0.1) is 0 Å². The lowest BCUT2D eigenvalue weighted by Crippen LogP contribution is -2.42. The average Bonchev–Trinajstić information content (AvgIpc) is 3.21. The number of imidazole rings is 1. The van der Waals surface area contributed by atoms with Gasteiger partial charge in [-0.1, -0.05) is 0 Å². The van der Waals surface area contributed by atoms with Crippen molar-refractivity contribution in [2.24, 2.45) is 0 Å². The largest absolute Gasteiger partial charge is 0.448 e. The van der Waals surface area contributed by atoms with E-state index in [9.17, 15) is 9.59 Å². The number of aryl methyl sites for hydroxylation is 1. The molecule has 2 aromatic rings. The Hall–Kier alpha value is -2.68. The highest BCUT2D eigenvalue weighted by atomic mass is 16.5. The zero-order valence-electron chi connectivity index (χ0n) is 13.5. The van der Waals surface area contributed by atoms with Crippen LogP contribution in [0.25, 0.3) is 0 Å². The minimum Gasteiger partial charge on any atom is -0.448 e. The van der Waals surface area contributed by atoms with Gasteiger partial charge in [-0.05, 0) is 0 Å². The molecule has 0 aliphatic carbocycles. The van der Waals surface area contributed by atoms with Crippen LogP contribution in [0.2, 0.25) is 0 Å². The molecule has 0 aromatic carbocycles. The normalized spacial score (nSPS) is 17.8. The Bertz CT molecular complexity index is 738. The van der Waals surface area contributed by atoms with E-state index >= 15 is 0 Å². The van der Waals surface area contributed by atoms with Crippen LogP contribution in [0.5, 0.6) is 0 Å². The van der Waals surface area contributed by atoms with Gasteiger partial charge in [0, 0.05) is 20.4 Å². The lowest BCUT2D eigenvalue weighted by Gasteiger charge is -2.31. The molecular formula is C15H19N5O4. The van der Waals surface area contributed by atoms with Crippen molar-refractivity contribution in [2.75, 3.05) is 19.7 Å². The Morgan fingerprint density at radius 3 is 3.04 bits per heavy atom. The number of oxazole rings is 1. The molecule has 1 atom stereocenters. The third-order valence-corrected chi connectivity index (χ3v) is 3.67. The van der Waals surface area contributed by atoms with Gasteiger partial charge in [0.15, 0.2) is 11.6 Å². The highest BCUT2D eigenvalue weighted by molar-refractivity contribution is 5.92. The number of hydrogen-bond donors (Lipinski definition) is 2. The first-order valence-electron chi connectivity index (χ1n) is 7.64. The van der Waals surface area contributed by atoms with Gasteiger partial charge >= 0.3 is 0 Å². The summed E-state index contributed by atoms with van der Waals surface area (Å²) in [6, 6.07) is 0. The fourth-order valence-corrected chi connectivity index (χ4v) is 2.47. The van der Waals surface area contributed by atoms with Crippen molar-refractivity contribution in [1.29, 1.82) is 0 Å². The molecule has 2 aromatic heterocycles. The van der Waals surface area contributed by atoms with Crippen molar-refractivity contribution in [3.63, 3.8) is 0 Å². The third kappa shape index (κ3) is 3.62. The van der Waals surface area contributed by atoms with Crippen LogP contribution in [0.4, 0.5) is 0 Å². The van der Waals surface area contributed by atoms with E-state index in [0.717, 1.165) is 5.69 Å². The molecular weight excluding hydrogens is 314 g/mol. The molecule has 0 unspecified atom stereocenters. The second-order valence-electron chi connectivity index (χ2n) is 5.57. The molecule has 2 amide bonds. The molecule has 24 heavy (non-hydrogen) atoms. The van der Waals surface area contributed by atoms with Gasteiger partial charge in [-0.3, -0.25) is 9.59 Å². The Morgan fingerprint density at radius 2 is 2.33 bits per heavy atom. The van der Waals surface area contributed by atoms with Crippen molar-refractivity contribution in [2.45, 2.75) is 26.5 Å². The van der Waals surface area contributed by atoms with E-state index < -0.39 is 0 Å². The van der Waals surface area contributed by atoms with E-state index in [2.05, 4.69) is 20.3 Å². The number of rotatable bonds is 4. The number of hydrogen-bond acceptors (Lipinski definition) is 6. The fraction of sp³-hybridized carbons (Fsp3) is 0.467. The lowest BCUT2D eigenvalue weighted by atomic mass is 10.2. The van der Waals surface area contributed by atoms with E-state index in [-0.39, 0.29) is 17.9 Å². The maximum Gasteiger partial charge on any atom is 0.275 e. The number of carbonyl (C=O) groups excluding carboxylic acids is 2. The Morgan fingerprint density at radius 1 is 1.50 bits per heavy atom. The number of carbonyl (C=O) groups is 2. The number of aromatic nitrogens is 3. The zero-order valence-corrected chi connectivity index (χ0v) is 13.5. The van der Waals surface area contributed by atoms with Gasteiger partial charge in [0.1, 0.15) is 18.2 Å². The molecule has 2 N–H and O–H groups in total. The molecule has 3 heterocycles. The second kappa shape index (κ2) is 6.83. The predicted molar refractivity (Wildman–Crippen MR) is 81.9 cm³/mol. The molecule has 0 bridgehead atoms. The Kier molecular flexibility index (Phi) is 4.61. The van der Waals surface area contributed by atoms with Crippen LogP contribution in [0.3, 0.4) is 0 Å². The average molecular weight is 333 g/mol. The maximum atomic E-state index is 12.4. The SMILES string of the molecule is CC(=O)NCc1cnc([C@@H]2CN(C(=O)c3coc(C)n3)CCO2)[nH]1. The van der Waals surface area contributed by atoms with Crippen molar-refractivity contribution in [1.82, 2.24) is 25.2 Å².